The molecule has 30 nitrogen and oxygen atoms in total. The molecule has 0 saturated heterocycles. The van der Waals surface area contributed by atoms with Gasteiger partial charge >= 0.3 is 68.9 Å². The minimum atomic E-state index is -3.76. The van der Waals surface area contributed by atoms with E-state index < -0.39 is 32.9 Å². The number of nitrogen functional groups attached to an aromatic ring is 6. The van der Waals surface area contributed by atoms with Crippen molar-refractivity contribution in [1.29, 1.82) is 10.5 Å². The van der Waals surface area contributed by atoms with E-state index in [0.29, 0.717) is 57.8 Å². The fourth-order valence-corrected chi connectivity index (χ4v) is 12.1. The van der Waals surface area contributed by atoms with E-state index in [1.54, 1.807) is 72.0 Å². The summed E-state index contributed by atoms with van der Waals surface area (Å²) in [6.07, 6.45) is 9.52. The van der Waals surface area contributed by atoms with Crippen molar-refractivity contribution in [2.75, 3.05) is 90.3 Å². The second-order valence-corrected chi connectivity index (χ2v) is 43.1. The molecule has 36 heteroatoms. The van der Waals surface area contributed by atoms with Crippen LogP contribution < -0.4 is 155 Å². The van der Waals surface area contributed by atoms with Crippen LogP contribution in [0.5, 0.6) is 86.2 Å². The van der Waals surface area contributed by atoms with Crippen molar-refractivity contribution in [3.05, 3.63) is 188 Å². The van der Waals surface area contributed by atoms with Gasteiger partial charge in [0.15, 0.2) is 53.7 Å². The number of ether oxygens (including phenoxy) is 10. The van der Waals surface area contributed by atoms with E-state index in [9.17, 15) is 23.4 Å². The summed E-state index contributed by atoms with van der Waals surface area (Å²) in [7, 11) is 3.29. The maximum absolute atomic E-state index is 11.3. The maximum atomic E-state index is 11.3. The van der Waals surface area contributed by atoms with Gasteiger partial charge in [-0.3, -0.25) is 8.98 Å². The number of phenolic OH excluding ortho intramolecular Hbond substituents is 2. The zero-order valence-corrected chi connectivity index (χ0v) is 88.7. The van der Waals surface area contributed by atoms with Crippen LogP contribution in [0, 0.1) is 56.6 Å². The standard InChI is InChI=1S/C19H26N4O2Si.C14H17IN4O2.C14H18N4O2.C12H15NO2.C10H14O2.C9H9NO3S.C9H10O3.C5H10Si.2CH4.Cs.FH/c1-12(2)14-10-15(24-3)13(7-8-26(4,5)6)9-16(14)25-17-11-22-19(21)23-18(17)20;1-7(2)8-4-11(20-3)9(15)5-10(8)21-12-6-18-14(17)19-13(12)16;1-8(2)10-6-9(19-3)4-5-11(10)20-12-7-17-14(16)18-13(12)15;1-9(2)11-8-10(14-3)4-5-12(11)15-7-6-13;1-7(2)9-6-8(12-3)4-5-10(9)11;1-8-2-4-9(5-3-8)14(11,12)13-7-6-10;1-6(10)8-5-7(12-2)3-4-9(8)11;1-5-6(2,3)4;;;;/h9-12H,1-6H3,(H4,20,21,22,23);4-7H,1-3H3,(H4,16,17,18,19);4-8H,1-3H3,(H4,15,16,17,18);4-5,8-9H,7H2,1-3H3;4-7,11H,1-3H3;2-5H,7H2,1H3;3-5,11H,1-2H3;1H,2-4H3;2*1H4;;1H/q;;;;;;;;;;+1;/p-1. The Morgan fingerprint density at radius 3 is 1.19 bits per heavy atom. The summed E-state index contributed by atoms with van der Waals surface area (Å²) >= 11 is 2.20. The Bertz CT molecular complexity index is 5570. The summed E-state index contributed by atoms with van der Waals surface area (Å²) < 4.78 is 82.2. The van der Waals surface area contributed by atoms with Gasteiger partial charge in [0.1, 0.15) is 91.2 Å². The molecule has 130 heavy (non-hydrogen) atoms. The number of aromatic nitrogens is 6. The molecule has 0 spiro atoms. The predicted molar refractivity (Wildman–Crippen MR) is 524 cm³/mol. The van der Waals surface area contributed by atoms with Crippen LogP contribution in [0.15, 0.2) is 145 Å². The first-order chi connectivity index (χ1) is 59.1. The number of nitrogens with two attached hydrogens (primary N) is 6. The Labute approximate surface area is 842 Å². The Kier molecular flexibility index (Phi) is 55.3. The summed E-state index contributed by atoms with van der Waals surface area (Å²) in [4.78, 5) is 34.4. The third-order valence-electron chi connectivity index (χ3n) is 16.9. The Morgan fingerprint density at radius 2 is 0.823 bits per heavy atom. The number of aromatic hydroxyl groups is 2. The molecule has 0 amide bonds. The molecule has 7 aromatic carbocycles. The Hall–Kier alpha value is -11.0. The summed E-state index contributed by atoms with van der Waals surface area (Å²) in [5.41, 5.74) is 47.1. The number of anilines is 6. The molecule has 0 aliphatic rings. The molecule has 0 atom stereocenters. The largest absolute Gasteiger partial charge is 1.00 e. The van der Waals surface area contributed by atoms with Gasteiger partial charge in [-0.15, -0.1) is 17.5 Å². The smallest absolute Gasteiger partial charge is 1.00 e. The number of rotatable bonds is 23. The molecule has 0 aliphatic heterocycles. The summed E-state index contributed by atoms with van der Waals surface area (Å²) in [6.45, 7) is 36.6. The molecular weight excluding hydrogens is 1950 g/mol. The van der Waals surface area contributed by atoms with Crippen LogP contribution in [0.3, 0.4) is 0 Å². The number of carbonyl (C=O) groups excluding carboxylic acids is 1. The SMILES string of the molecule is C.C.C#C[Si](C)(C)C.COc1cc(C(C)C)c(Oc2cnc(N)nc2N)cc1C#C[Si](C)(C)C.COc1cc(C(C)C)c(Oc2cnc(N)nc2N)cc1I.COc1ccc(O)c(C(C)=O)c1.COc1ccc(O)c(C(C)C)c1.COc1ccc(OCC#N)c(C(C)C)c1.COc1ccc(Oc2cnc(N)nc2N)c(C(C)C)c1.Cc1ccc(S(=O)(=O)OCC#N)cc1.[Cs+].[F-]. The number of terminal acetylenes is 1. The Morgan fingerprint density at radius 1 is 0.469 bits per heavy atom. The predicted octanol–water partition coefficient (Wildman–Crippen LogP) is 14.4. The summed E-state index contributed by atoms with van der Waals surface area (Å²) in [6, 6.07) is 38.6. The molecule has 0 bridgehead atoms. The van der Waals surface area contributed by atoms with Crippen LogP contribution in [0.1, 0.15) is 170 Å². The molecule has 698 valence electrons. The van der Waals surface area contributed by atoms with E-state index in [-0.39, 0.29) is 170 Å². The van der Waals surface area contributed by atoms with Gasteiger partial charge in [0.25, 0.3) is 10.1 Å². The number of nitrogens with zero attached hydrogens (tertiary/aromatic N) is 8. The zero-order chi connectivity index (χ0) is 95.1. The number of nitriles is 2. The average Bonchev–Trinajstić information content (AvgIpc) is 0.798. The minimum absolute atomic E-state index is 0. The van der Waals surface area contributed by atoms with Gasteiger partial charge in [0, 0.05) is 33.9 Å². The number of benzene rings is 7. The third kappa shape index (κ3) is 41.8. The van der Waals surface area contributed by atoms with Crippen molar-refractivity contribution < 1.29 is 149 Å². The fraction of sp³-hybridized carbons (Fsp3) is 0.351. The number of ketones is 1. The van der Waals surface area contributed by atoms with Gasteiger partial charge in [0.05, 0.1) is 86.9 Å². The molecule has 0 unspecified atom stereocenters. The molecule has 10 aromatic rings. The molecule has 14 N–H and O–H groups in total. The summed E-state index contributed by atoms with van der Waals surface area (Å²) in [5.74, 6) is 14.2. The van der Waals surface area contributed by atoms with Crippen molar-refractivity contribution in [3.63, 3.8) is 0 Å². The minimum Gasteiger partial charge on any atom is -1.00 e. The molecule has 3 heterocycles. The molecule has 0 aliphatic carbocycles. The van der Waals surface area contributed by atoms with Crippen LogP contribution in [-0.4, -0.2) is 126 Å². The first kappa shape index (κ1) is 121. The number of methoxy groups -OCH3 is 6. The van der Waals surface area contributed by atoms with Crippen LogP contribution in [0.25, 0.3) is 0 Å². The van der Waals surface area contributed by atoms with E-state index in [0.717, 1.165) is 77.0 Å². The monoisotopic (exact) mass is 2070 g/mol. The third-order valence-corrected chi connectivity index (χ3v) is 20.8. The number of halogens is 2. The number of carbonyl (C=O) groups is 1. The molecule has 0 fully saturated rings. The molecule has 0 saturated carbocycles. The topological polar surface area (TPSA) is 474 Å². The van der Waals surface area contributed by atoms with Gasteiger partial charge in [-0.25, -0.2) is 15.0 Å². The van der Waals surface area contributed by atoms with Crippen LogP contribution in [0.2, 0.25) is 39.3 Å². The number of phenols is 2. The van der Waals surface area contributed by atoms with Gasteiger partial charge in [-0.05, 0) is 169 Å². The second kappa shape index (κ2) is 59.3. The van der Waals surface area contributed by atoms with E-state index in [4.69, 9.17) is 98.7 Å². The second-order valence-electron chi connectivity index (χ2n) is 30.8. The molecule has 3 aromatic heterocycles. The number of Topliss-reactive ketones (excluding diaryl/α,β-unsaturated/α-hetero) is 1. The van der Waals surface area contributed by atoms with Crippen molar-refractivity contribution in [2.24, 2.45) is 0 Å². The van der Waals surface area contributed by atoms with Crippen LogP contribution >= 0.6 is 22.6 Å². The first-order valence-corrected chi connectivity index (χ1v) is 48.8. The molecule has 0 radical (unpaired) electrons. The van der Waals surface area contributed by atoms with Gasteiger partial charge < -0.3 is 96.7 Å². The quantitative estimate of drug-likeness (QED) is 0.00969. The van der Waals surface area contributed by atoms with Crippen LogP contribution in [0.4, 0.5) is 35.3 Å². The van der Waals surface area contributed by atoms with Gasteiger partial charge in [0.2, 0.25) is 17.8 Å². The number of hydrogen-bond donors (Lipinski definition) is 8. The van der Waals surface area contributed by atoms with Crippen molar-refractivity contribution in [1.82, 2.24) is 29.9 Å². The molecular formula is C94H127CsFIN14O16SSi2. The fourth-order valence-electron chi connectivity index (χ4n) is 10.1. The van der Waals surface area contributed by atoms with E-state index in [1.807, 2.05) is 93.6 Å². The van der Waals surface area contributed by atoms with E-state index in [1.165, 1.54) is 56.9 Å². The van der Waals surface area contributed by atoms with E-state index in [2.05, 4.69) is 168 Å². The summed E-state index contributed by atoms with van der Waals surface area (Å²) in [5, 5.41) is 35.3. The van der Waals surface area contributed by atoms with Crippen LogP contribution in [-0.2, 0) is 14.3 Å². The van der Waals surface area contributed by atoms with Gasteiger partial charge in [-0.1, -0.05) is 147 Å². The first-order valence-electron chi connectivity index (χ1n) is 39.4. The van der Waals surface area contributed by atoms with Gasteiger partial charge in [-0.2, -0.15) is 33.9 Å². The molecule has 10 rings (SSSR count). The number of hydrogen-bond acceptors (Lipinski definition) is 30. The van der Waals surface area contributed by atoms with Crippen molar-refractivity contribution in [2.45, 2.75) is 172 Å². The van der Waals surface area contributed by atoms with E-state index >= 15 is 0 Å². The Balaban J connectivity index is 0. The van der Waals surface area contributed by atoms with Crippen molar-refractivity contribution in [3.8, 4) is 122 Å². The zero-order valence-electron chi connectivity index (χ0n) is 77.5. The maximum Gasteiger partial charge on any atom is 1.00 e. The number of aryl methyl sites for hydroxylation is 1. The normalized spacial score (nSPS) is 10.2. The average molecular weight is 2080 g/mol. The van der Waals surface area contributed by atoms with Crippen molar-refractivity contribution >= 4 is 89.9 Å².